The molecule has 27 heavy (non-hydrogen) atoms. The summed E-state index contributed by atoms with van der Waals surface area (Å²) in [6.07, 6.45) is 14.1. The van der Waals surface area contributed by atoms with Crippen molar-refractivity contribution in [1.29, 1.82) is 0 Å². The Morgan fingerprint density at radius 2 is 1.67 bits per heavy atom. The van der Waals surface area contributed by atoms with Gasteiger partial charge in [0.15, 0.2) is 0 Å². The Balaban J connectivity index is 1.37. The average Bonchev–Trinajstić information content (AvgIpc) is 3.26. The van der Waals surface area contributed by atoms with Crippen molar-refractivity contribution in [1.82, 2.24) is 14.7 Å². The Labute approximate surface area is 164 Å². The molecule has 0 bridgehead atoms. The zero-order chi connectivity index (χ0) is 18.7. The van der Waals surface area contributed by atoms with Gasteiger partial charge in [0, 0.05) is 38.1 Å². The molecule has 1 saturated carbocycles. The van der Waals surface area contributed by atoms with E-state index in [1.165, 1.54) is 45.2 Å². The first kappa shape index (κ1) is 19.2. The molecule has 0 aromatic heterocycles. The first-order valence-electron chi connectivity index (χ1n) is 11.5. The van der Waals surface area contributed by atoms with Crippen molar-refractivity contribution < 1.29 is 9.59 Å². The summed E-state index contributed by atoms with van der Waals surface area (Å²) >= 11 is 0. The van der Waals surface area contributed by atoms with Gasteiger partial charge in [-0.25, -0.2) is 0 Å². The fraction of sp³-hybridized carbons (Fsp3) is 0.909. The minimum atomic E-state index is -0.0478. The molecule has 1 aliphatic carbocycles. The van der Waals surface area contributed by atoms with E-state index >= 15 is 0 Å². The number of hydrogen-bond acceptors (Lipinski definition) is 3. The van der Waals surface area contributed by atoms with Crippen LogP contribution < -0.4 is 0 Å². The van der Waals surface area contributed by atoms with Crippen molar-refractivity contribution >= 4 is 11.8 Å². The highest BCUT2D eigenvalue weighted by atomic mass is 16.2. The van der Waals surface area contributed by atoms with Crippen LogP contribution in [-0.2, 0) is 9.59 Å². The van der Waals surface area contributed by atoms with Crippen LogP contribution >= 0.6 is 0 Å². The number of hydrogen-bond donors (Lipinski definition) is 0. The molecule has 0 aromatic carbocycles. The van der Waals surface area contributed by atoms with Crippen LogP contribution in [0.3, 0.4) is 0 Å². The molecule has 4 aliphatic rings. The van der Waals surface area contributed by atoms with Crippen molar-refractivity contribution in [3.63, 3.8) is 0 Å². The fourth-order valence-corrected chi connectivity index (χ4v) is 6.00. The molecule has 3 saturated heterocycles. The molecule has 1 atom stereocenters. The lowest BCUT2D eigenvalue weighted by Gasteiger charge is -2.38. The molecule has 3 heterocycles. The standard InChI is InChI=1S/C22H37N3O2/c26-20-9-11-22(25(20)18-21(27)24-14-4-5-15-24)10-6-13-23(16-12-22)17-19-7-2-1-3-8-19/h19H,1-18H2/t22-/m1/s1. The summed E-state index contributed by atoms with van der Waals surface area (Å²) < 4.78 is 0. The maximum Gasteiger partial charge on any atom is 0.242 e. The zero-order valence-electron chi connectivity index (χ0n) is 17.0. The SMILES string of the molecule is O=C(CN1C(=O)CC[C@@]12CCCN(CC1CCCCC1)CC2)N1CCCC1. The number of nitrogens with zero attached hydrogens (tertiary/aromatic N) is 3. The van der Waals surface area contributed by atoms with Crippen molar-refractivity contribution in [3.05, 3.63) is 0 Å². The topological polar surface area (TPSA) is 43.9 Å². The Bertz CT molecular complexity index is 540. The average molecular weight is 376 g/mol. The third kappa shape index (κ3) is 4.33. The molecular formula is C22H37N3O2. The van der Waals surface area contributed by atoms with Gasteiger partial charge < -0.3 is 14.7 Å². The van der Waals surface area contributed by atoms with Crippen LogP contribution in [0.15, 0.2) is 0 Å². The van der Waals surface area contributed by atoms with Crippen LogP contribution in [0.5, 0.6) is 0 Å². The number of carbonyl (C=O) groups excluding carboxylic acids is 2. The van der Waals surface area contributed by atoms with Crippen LogP contribution in [0.2, 0.25) is 0 Å². The summed E-state index contributed by atoms with van der Waals surface area (Å²) in [6, 6.07) is 0. The van der Waals surface area contributed by atoms with Gasteiger partial charge in [-0.2, -0.15) is 0 Å². The molecule has 4 fully saturated rings. The second-order valence-electron chi connectivity index (χ2n) is 9.45. The van der Waals surface area contributed by atoms with E-state index in [2.05, 4.69) is 4.90 Å². The largest absolute Gasteiger partial charge is 0.341 e. The molecular weight excluding hydrogens is 338 g/mol. The van der Waals surface area contributed by atoms with E-state index in [0.717, 1.165) is 64.1 Å². The zero-order valence-corrected chi connectivity index (χ0v) is 17.0. The van der Waals surface area contributed by atoms with Crippen molar-refractivity contribution in [2.75, 3.05) is 39.3 Å². The number of likely N-dealkylation sites (tertiary alicyclic amines) is 3. The van der Waals surface area contributed by atoms with Gasteiger partial charge in [-0.15, -0.1) is 0 Å². The van der Waals surface area contributed by atoms with E-state index in [0.29, 0.717) is 13.0 Å². The third-order valence-electron chi connectivity index (χ3n) is 7.68. The second kappa shape index (κ2) is 8.50. The van der Waals surface area contributed by atoms with E-state index in [9.17, 15) is 9.59 Å². The minimum Gasteiger partial charge on any atom is -0.341 e. The van der Waals surface area contributed by atoms with Gasteiger partial charge in [-0.1, -0.05) is 19.3 Å². The molecule has 5 nitrogen and oxygen atoms in total. The van der Waals surface area contributed by atoms with Gasteiger partial charge in [-0.3, -0.25) is 9.59 Å². The van der Waals surface area contributed by atoms with Gasteiger partial charge in [-0.05, 0) is 63.8 Å². The van der Waals surface area contributed by atoms with Gasteiger partial charge >= 0.3 is 0 Å². The maximum absolute atomic E-state index is 12.7. The summed E-state index contributed by atoms with van der Waals surface area (Å²) in [5, 5.41) is 0. The highest BCUT2D eigenvalue weighted by Gasteiger charge is 2.46. The summed E-state index contributed by atoms with van der Waals surface area (Å²) in [5.41, 5.74) is -0.0478. The lowest BCUT2D eigenvalue weighted by Crippen LogP contribution is -2.51. The summed E-state index contributed by atoms with van der Waals surface area (Å²) in [7, 11) is 0. The highest BCUT2D eigenvalue weighted by Crippen LogP contribution is 2.39. The first-order chi connectivity index (χ1) is 13.2. The normalized spacial score (nSPS) is 31.0. The molecule has 2 amide bonds. The summed E-state index contributed by atoms with van der Waals surface area (Å²) in [5.74, 6) is 1.26. The highest BCUT2D eigenvalue weighted by molar-refractivity contribution is 5.87. The lowest BCUT2D eigenvalue weighted by atomic mass is 9.87. The van der Waals surface area contributed by atoms with E-state index in [1.54, 1.807) is 0 Å². The molecule has 0 aromatic rings. The van der Waals surface area contributed by atoms with Crippen LogP contribution in [0.1, 0.15) is 77.0 Å². The van der Waals surface area contributed by atoms with Gasteiger partial charge in [0.1, 0.15) is 6.54 Å². The quantitative estimate of drug-likeness (QED) is 0.759. The maximum atomic E-state index is 12.7. The van der Waals surface area contributed by atoms with Gasteiger partial charge in [0.05, 0.1) is 0 Å². The molecule has 0 unspecified atom stereocenters. The monoisotopic (exact) mass is 375 g/mol. The Kier molecular flexibility index (Phi) is 6.05. The van der Waals surface area contributed by atoms with E-state index in [-0.39, 0.29) is 17.4 Å². The molecule has 4 rings (SSSR count). The summed E-state index contributed by atoms with van der Waals surface area (Å²) in [6.45, 7) is 5.59. The van der Waals surface area contributed by atoms with E-state index in [1.807, 2.05) is 9.80 Å². The van der Waals surface area contributed by atoms with Gasteiger partial charge in [0.25, 0.3) is 0 Å². The molecule has 0 radical (unpaired) electrons. The molecule has 152 valence electrons. The van der Waals surface area contributed by atoms with Crippen LogP contribution in [0.25, 0.3) is 0 Å². The molecule has 1 spiro atoms. The third-order valence-corrected chi connectivity index (χ3v) is 7.68. The Hall–Kier alpha value is -1.10. The lowest BCUT2D eigenvalue weighted by molar-refractivity contribution is -0.141. The smallest absolute Gasteiger partial charge is 0.242 e. The number of rotatable bonds is 4. The predicted octanol–water partition coefficient (Wildman–Crippen LogP) is 3.04. The summed E-state index contributed by atoms with van der Waals surface area (Å²) in [4.78, 5) is 32.0. The predicted molar refractivity (Wildman–Crippen MR) is 106 cm³/mol. The molecule has 5 heteroatoms. The van der Waals surface area contributed by atoms with Crippen molar-refractivity contribution in [2.45, 2.75) is 82.6 Å². The van der Waals surface area contributed by atoms with Crippen molar-refractivity contribution in [2.24, 2.45) is 5.92 Å². The van der Waals surface area contributed by atoms with E-state index in [4.69, 9.17) is 0 Å². The number of carbonyl (C=O) groups is 2. The molecule has 0 N–H and O–H groups in total. The first-order valence-corrected chi connectivity index (χ1v) is 11.5. The van der Waals surface area contributed by atoms with Crippen LogP contribution in [0, 0.1) is 5.92 Å². The fourth-order valence-electron chi connectivity index (χ4n) is 6.00. The Morgan fingerprint density at radius 1 is 0.889 bits per heavy atom. The number of amides is 2. The van der Waals surface area contributed by atoms with E-state index < -0.39 is 0 Å². The van der Waals surface area contributed by atoms with Crippen molar-refractivity contribution in [3.8, 4) is 0 Å². The molecule has 3 aliphatic heterocycles. The van der Waals surface area contributed by atoms with Crippen LogP contribution in [-0.4, -0.2) is 71.3 Å². The second-order valence-corrected chi connectivity index (χ2v) is 9.45. The minimum absolute atomic E-state index is 0.0478. The van der Waals surface area contributed by atoms with Gasteiger partial charge in [0.2, 0.25) is 11.8 Å². The Morgan fingerprint density at radius 3 is 2.44 bits per heavy atom. The van der Waals surface area contributed by atoms with Crippen LogP contribution in [0.4, 0.5) is 0 Å².